The molecule has 3 heterocycles. The van der Waals surface area contributed by atoms with Crippen molar-refractivity contribution in [2.24, 2.45) is 0 Å². The van der Waals surface area contributed by atoms with E-state index >= 15 is 0 Å². The third-order valence-corrected chi connectivity index (χ3v) is 7.45. The lowest BCUT2D eigenvalue weighted by Crippen LogP contribution is -2.32. The lowest BCUT2D eigenvalue weighted by atomic mass is 10.2. The van der Waals surface area contributed by atoms with Gasteiger partial charge in [0.2, 0.25) is 15.9 Å². The van der Waals surface area contributed by atoms with Crippen LogP contribution in [0.25, 0.3) is 5.65 Å². The molecule has 1 fully saturated rings. The van der Waals surface area contributed by atoms with Crippen molar-refractivity contribution in [2.75, 3.05) is 18.4 Å². The number of pyridine rings is 1. The Morgan fingerprint density at radius 1 is 1.10 bits per heavy atom. The molecule has 1 amide bonds. The van der Waals surface area contributed by atoms with Gasteiger partial charge in [-0.15, -0.1) is 0 Å². The van der Waals surface area contributed by atoms with Crippen LogP contribution < -0.4 is 5.32 Å². The van der Waals surface area contributed by atoms with Crippen LogP contribution in [0.4, 0.5) is 5.69 Å². The molecule has 4 rings (SSSR count). The van der Waals surface area contributed by atoms with Crippen LogP contribution in [0.3, 0.4) is 0 Å². The summed E-state index contributed by atoms with van der Waals surface area (Å²) in [6.45, 7) is 2.88. The number of sulfonamides is 1. The van der Waals surface area contributed by atoms with Crippen molar-refractivity contribution in [3.8, 4) is 0 Å². The molecule has 1 aliphatic rings. The van der Waals surface area contributed by atoms with Gasteiger partial charge in [0, 0.05) is 31.2 Å². The number of aromatic nitrogens is 2. The second-order valence-corrected chi connectivity index (χ2v) is 9.63. The van der Waals surface area contributed by atoms with Crippen LogP contribution in [-0.2, 0) is 21.2 Å². The molecule has 158 valence electrons. The number of benzene rings is 1. The van der Waals surface area contributed by atoms with Crippen molar-refractivity contribution in [1.29, 1.82) is 0 Å². The predicted molar refractivity (Wildman–Crippen MR) is 116 cm³/mol. The van der Waals surface area contributed by atoms with Crippen LogP contribution >= 0.6 is 0 Å². The van der Waals surface area contributed by atoms with E-state index in [4.69, 9.17) is 0 Å². The third-order valence-electron chi connectivity index (χ3n) is 5.41. The Balaban J connectivity index is 1.51. The summed E-state index contributed by atoms with van der Waals surface area (Å²) >= 11 is 0. The molecule has 0 unspecified atom stereocenters. The summed E-state index contributed by atoms with van der Waals surface area (Å²) in [7, 11) is -3.58. The number of imidazole rings is 1. The van der Waals surface area contributed by atoms with Crippen molar-refractivity contribution >= 4 is 27.3 Å². The normalized spacial score (nSPS) is 15.8. The molecule has 8 heteroatoms. The Morgan fingerprint density at radius 3 is 2.60 bits per heavy atom. The molecular formula is C22H26N4O3S. The molecule has 0 atom stereocenters. The summed E-state index contributed by atoms with van der Waals surface area (Å²) in [5.74, 6) is -0.236. The van der Waals surface area contributed by atoms with Crippen molar-refractivity contribution < 1.29 is 13.2 Å². The maximum absolute atomic E-state index is 13.2. The van der Waals surface area contributed by atoms with E-state index in [2.05, 4.69) is 10.3 Å². The highest BCUT2D eigenvalue weighted by Crippen LogP contribution is 2.26. The monoisotopic (exact) mass is 426 g/mol. The van der Waals surface area contributed by atoms with E-state index in [1.165, 1.54) is 0 Å². The molecule has 0 saturated carbocycles. The molecule has 2 aromatic heterocycles. The summed E-state index contributed by atoms with van der Waals surface area (Å²) < 4.78 is 29.8. The van der Waals surface area contributed by atoms with Crippen molar-refractivity contribution in [3.05, 3.63) is 60.0 Å². The lowest BCUT2D eigenvalue weighted by Gasteiger charge is -2.21. The Labute approximate surface area is 176 Å². The summed E-state index contributed by atoms with van der Waals surface area (Å²) in [4.78, 5) is 17.2. The maximum atomic E-state index is 13.2. The largest absolute Gasteiger partial charge is 0.326 e. The van der Waals surface area contributed by atoms with E-state index < -0.39 is 10.0 Å². The zero-order chi connectivity index (χ0) is 21.1. The van der Waals surface area contributed by atoms with Gasteiger partial charge in [0.1, 0.15) is 5.65 Å². The zero-order valence-corrected chi connectivity index (χ0v) is 17.9. The van der Waals surface area contributed by atoms with Gasteiger partial charge >= 0.3 is 0 Å². The lowest BCUT2D eigenvalue weighted by molar-refractivity contribution is -0.115. The molecule has 0 aliphatic carbocycles. The van der Waals surface area contributed by atoms with Crippen molar-refractivity contribution in [3.63, 3.8) is 0 Å². The molecule has 1 aromatic carbocycles. The number of carbonyl (C=O) groups excluding carboxylic acids is 1. The van der Waals surface area contributed by atoms with Gasteiger partial charge < -0.3 is 9.72 Å². The minimum atomic E-state index is -3.58. The van der Waals surface area contributed by atoms with Crippen molar-refractivity contribution in [2.45, 2.75) is 43.9 Å². The first-order valence-corrected chi connectivity index (χ1v) is 11.7. The average molecular weight is 427 g/mol. The fourth-order valence-corrected chi connectivity index (χ4v) is 5.59. The Kier molecular flexibility index (Phi) is 5.87. The molecule has 0 spiro atoms. The Hall–Kier alpha value is -2.71. The van der Waals surface area contributed by atoms with Gasteiger partial charge in [-0.3, -0.25) is 4.79 Å². The summed E-state index contributed by atoms with van der Waals surface area (Å²) in [6.07, 6.45) is 7.70. The summed E-state index contributed by atoms with van der Waals surface area (Å²) in [5.41, 5.74) is 2.59. The number of anilines is 1. The third kappa shape index (κ3) is 4.39. The first kappa shape index (κ1) is 20.6. The number of amides is 1. The number of carbonyl (C=O) groups is 1. The summed E-state index contributed by atoms with van der Waals surface area (Å²) in [5, 5.41) is 2.82. The van der Waals surface area contributed by atoms with Gasteiger partial charge in [-0.05, 0) is 49.6 Å². The van der Waals surface area contributed by atoms with E-state index in [1.54, 1.807) is 29.4 Å². The fraction of sp³-hybridized carbons (Fsp3) is 0.364. The van der Waals surface area contributed by atoms with E-state index in [1.807, 2.05) is 35.0 Å². The number of fused-ring (bicyclic) bond motifs is 1. The number of hydrogen-bond acceptors (Lipinski definition) is 4. The van der Waals surface area contributed by atoms with E-state index in [9.17, 15) is 13.2 Å². The van der Waals surface area contributed by atoms with Crippen LogP contribution in [0.2, 0.25) is 0 Å². The second-order valence-electron chi connectivity index (χ2n) is 7.72. The number of hydrogen-bond donors (Lipinski definition) is 1. The fourth-order valence-electron chi connectivity index (χ4n) is 3.82. The first-order valence-electron chi connectivity index (χ1n) is 10.3. The highest BCUT2D eigenvalue weighted by Gasteiger charge is 2.27. The van der Waals surface area contributed by atoms with Gasteiger partial charge in [-0.25, -0.2) is 13.4 Å². The topological polar surface area (TPSA) is 83.8 Å². The standard InChI is InChI=1S/C22H26N4O3S/c1-17-9-10-18(14-20(17)30(28,29)26-12-5-2-3-6-13-26)24-22(27)15-19-16-25-11-7-4-8-21(25)23-19/h4,7-11,14,16H,2-3,5-6,12-13,15H2,1H3,(H,24,27). The smallest absolute Gasteiger partial charge is 0.243 e. The first-order chi connectivity index (χ1) is 14.4. The molecule has 30 heavy (non-hydrogen) atoms. The molecule has 7 nitrogen and oxygen atoms in total. The van der Waals surface area contributed by atoms with Crippen molar-refractivity contribution in [1.82, 2.24) is 13.7 Å². The van der Waals surface area contributed by atoms with E-state index in [0.717, 1.165) is 31.3 Å². The highest BCUT2D eigenvalue weighted by atomic mass is 32.2. The minimum Gasteiger partial charge on any atom is -0.326 e. The van der Waals surface area contributed by atoms with E-state index in [0.29, 0.717) is 30.0 Å². The van der Waals surface area contributed by atoms with Crippen LogP contribution in [0.1, 0.15) is 36.9 Å². The van der Waals surface area contributed by atoms with Gasteiger partial charge in [-0.2, -0.15) is 4.31 Å². The Morgan fingerprint density at radius 2 is 1.87 bits per heavy atom. The second kappa shape index (κ2) is 8.57. The molecular weight excluding hydrogens is 400 g/mol. The van der Waals surface area contributed by atoms with E-state index in [-0.39, 0.29) is 17.2 Å². The van der Waals surface area contributed by atoms with Crippen LogP contribution in [0.15, 0.2) is 53.7 Å². The molecule has 1 aliphatic heterocycles. The van der Waals surface area contributed by atoms with Crippen LogP contribution in [0.5, 0.6) is 0 Å². The molecule has 0 radical (unpaired) electrons. The van der Waals surface area contributed by atoms with Gasteiger partial charge in [-0.1, -0.05) is 25.0 Å². The Bertz CT molecular complexity index is 1130. The number of nitrogens with zero attached hydrogens (tertiary/aromatic N) is 3. The zero-order valence-electron chi connectivity index (χ0n) is 17.0. The SMILES string of the molecule is Cc1ccc(NC(=O)Cc2cn3ccccc3n2)cc1S(=O)(=O)N1CCCCCC1. The number of rotatable bonds is 5. The average Bonchev–Trinajstić information content (AvgIpc) is 2.92. The molecule has 3 aromatic rings. The van der Waals surface area contributed by atoms with Gasteiger partial charge in [0.05, 0.1) is 17.0 Å². The molecule has 0 bridgehead atoms. The molecule has 1 N–H and O–H groups in total. The quantitative estimate of drug-likeness (QED) is 0.678. The minimum absolute atomic E-state index is 0.115. The maximum Gasteiger partial charge on any atom is 0.243 e. The number of aryl methyl sites for hydroxylation is 1. The van der Waals surface area contributed by atoms with Gasteiger partial charge in [0.15, 0.2) is 0 Å². The van der Waals surface area contributed by atoms with Crippen LogP contribution in [0, 0.1) is 6.92 Å². The molecule has 1 saturated heterocycles. The summed E-state index contributed by atoms with van der Waals surface area (Å²) in [6, 6.07) is 10.7. The highest BCUT2D eigenvalue weighted by molar-refractivity contribution is 7.89. The number of nitrogens with one attached hydrogen (secondary N) is 1. The predicted octanol–water partition coefficient (Wildman–Crippen LogP) is 3.39. The van der Waals surface area contributed by atoms with Gasteiger partial charge in [0.25, 0.3) is 0 Å². The van der Waals surface area contributed by atoms with Crippen LogP contribution in [-0.4, -0.2) is 41.1 Å².